The molecule has 0 aromatic heterocycles. The summed E-state index contributed by atoms with van der Waals surface area (Å²) in [5, 5.41) is 9.59. The molecule has 0 heterocycles. The Morgan fingerprint density at radius 3 is 2.60 bits per heavy atom. The van der Waals surface area contributed by atoms with E-state index < -0.39 is 11.9 Å². The summed E-state index contributed by atoms with van der Waals surface area (Å²) < 4.78 is 23.9. The molecule has 0 aliphatic heterocycles. The van der Waals surface area contributed by atoms with Gasteiger partial charge < -0.3 is 14.6 Å². The van der Waals surface area contributed by atoms with E-state index >= 15 is 0 Å². The molecule has 3 nitrogen and oxygen atoms in total. The van der Waals surface area contributed by atoms with E-state index in [9.17, 15) is 9.50 Å². The van der Waals surface area contributed by atoms with Crippen molar-refractivity contribution >= 4 is 0 Å². The molecule has 1 N–H and O–H groups in total. The van der Waals surface area contributed by atoms with Gasteiger partial charge in [0.15, 0.2) is 6.79 Å². The standard InChI is InChI=1S/C16H17FO3/c1-12(18)15-8-7-14(17)9-16(15)20-11-19-10-13-5-3-2-4-6-13/h2-9,12,18H,10-11H2,1H3/t12-/m0/s1. The molecule has 2 aromatic rings. The SMILES string of the molecule is C[C@H](O)c1ccc(F)cc1OCOCc1ccccc1. The van der Waals surface area contributed by atoms with Crippen molar-refractivity contribution in [3.8, 4) is 5.75 Å². The van der Waals surface area contributed by atoms with E-state index in [2.05, 4.69) is 0 Å². The highest BCUT2D eigenvalue weighted by Gasteiger charge is 2.10. The van der Waals surface area contributed by atoms with Crippen LogP contribution in [-0.2, 0) is 11.3 Å². The van der Waals surface area contributed by atoms with E-state index in [0.717, 1.165) is 5.56 Å². The Morgan fingerprint density at radius 2 is 1.90 bits per heavy atom. The molecule has 2 rings (SSSR count). The quantitative estimate of drug-likeness (QED) is 0.649. The van der Waals surface area contributed by atoms with Gasteiger partial charge >= 0.3 is 0 Å². The molecule has 0 saturated carbocycles. The maximum Gasteiger partial charge on any atom is 0.189 e. The molecule has 4 heteroatoms. The van der Waals surface area contributed by atoms with E-state index in [4.69, 9.17) is 9.47 Å². The molecule has 1 atom stereocenters. The largest absolute Gasteiger partial charge is 0.467 e. The molecule has 20 heavy (non-hydrogen) atoms. The zero-order valence-corrected chi connectivity index (χ0v) is 11.3. The van der Waals surface area contributed by atoms with Gasteiger partial charge in [-0.25, -0.2) is 4.39 Å². The molecule has 0 bridgehead atoms. The van der Waals surface area contributed by atoms with Gasteiger partial charge in [-0.3, -0.25) is 0 Å². The van der Waals surface area contributed by atoms with Crippen molar-refractivity contribution in [1.82, 2.24) is 0 Å². The van der Waals surface area contributed by atoms with Crippen LogP contribution in [0.3, 0.4) is 0 Å². The van der Waals surface area contributed by atoms with Crippen LogP contribution in [0.15, 0.2) is 48.5 Å². The van der Waals surface area contributed by atoms with Crippen LogP contribution in [0.4, 0.5) is 4.39 Å². The van der Waals surface area contributed by atoms with Crippen LogP contribution in [0.5, 0.6) is 5.75 Å². The monoisotopic (exact) mass is 276 g/mol. The third-order valence-electron chi connectivity index (χ3n) is 2.84. The molecule has 0 aliphatic carbocycles. The molecule has 0 amide bonds. The topological polar surface area (TPSA) is 38.7 Å². The number of halogens is 1. The third kappa shape index (κ3) is 4.05. The first-order valence-electron chi connectivity index (χ1n) is 6.39. The lowest BCUT2D eigenvalue weighted by Crippen LogP contribution is -2.06. The predicted octanol–water partition coefficient (Wildman–Crippen LogP) is 3.43. The fraction of sp³-hybridized carbons (Fsp3) is 0.250. The van der Waals surface area contributed by atoms with Gasteiger partial charge in [0.25, 0.3) is 0 Å². The number of hydrogen-bond donors (Lipinski definition) is 1. The molecule has 0 fully saturated rings. The lowest BCUT2D eigenvalue weighted by Gasteiger charge is -2.13. The summed E-state index contributed by atoms with van der Waals surface area (Å²) in [5.74, 6) is -0.111. The zero-order valence-electron chi connectivity index (χ0n) is 11.3. The summed E-state index contributed by atoms with van der Waals surface area (Å²) in [6.07, 6.45) is -0.722. The van der Waals surface area contributed by atoms with Crippen LogP contribution in [0.2, 0.25) is 0 Å². The van der Waals surface area contributed by atoms with Crippen LogP contribution in [0, 0.1) is 5.82 Å². The number of aliphatic hydroxyl groups is 1. The van der Waals surface area contributed by atoms with Gasteiger partial charge in [0.1, 0.15) is 11.6 Å². The van der Waals surface area contributed by atoms with Crippen LogP contribution < -0.4 is 4.74 Å². The minimum Gasteiger partial charge on any atom is -0.467 e. The van der Waals surface area contributed by atoms with Crippen molar-refractivity contribution in [3.63, 3.8) is 0 Å². The second-order valence-electron chi connectivity index (χ2n) is 4.45. The normalized spacial score (nSPS) is 12.2. The molecular weight excluding hydrogens is 259 g/mol. The molecule has 0 spiro atoms. The van der Waals surface area contributed by atoms with Crippen molar-refractivity contribution < 1.29 is 19.0 Å². The minimum absolute atomic E-state index is 0.00192. The number of ether oxygens (including phenoxy) is 2. The second-order valence-corrected chi connectivity index (χ2v) is 4.45. The summed E-state index contributed by atoms with van der Waals surface area (Å²) in [6, 6.07) is 13.7. The lowest BCUT2D eigenvalue weighted by molar-refractivity contribution is 0.00327. The highest BCUT2D eigenvalue weighted by molar-refractivity contribution is 5.35. The fourth-order valence-electron chi connectivity index (χ4n) is 1.82. The molecule has 0 radical (unpaired) electrons. The molecular formula is C16H17FO3. The zero-order chi connectivity index (χ0) is 14.4. The van der Waals surface area contributed by atoms with Crippen molar-refractivity contribution in [2.24, 2.45) is 0 Å². The van der Waals surface area contributed by atoms with Crippen LogP contribution >= 0.6 is 0 Å². The van der Waals surface area contributed by atoms with E-state index in [0.29, 0.717) is 17.9 Å². The van der Waals surface area contributed by atoms with Gasteiger partial charge in [-0.1, -0.05) is 30.3 Å². The van der Waals surface area contributed by atoms with E-state index in [1.165, 1.54) is 18.2 Å². The molecule has 0 aliphatic rings. The third-order valence-corrected chi connectivity index (χ3v) is 2.84. The van der Waals surface area contributed by atoms with E-state index in [1.807, 2.05) is 30.3 Å². The first-order valence-corrected chi connectivity index (χ1v) is 6.39. The highest BCUT2D eigenvalue weighted by atomic mass is 19.1. The highest BCUT2D eigenvalue weighted by Crippen LogP contribution is 2.26. The average molecular weight is 276 g/mol. The smallest absolute Gasteiger partial charge is 0.189 e. The Balaban J connectivity index is 1.89. The predicted molar refractivity (Wildman–Crippen MR) is 73.8 cm³/mol. The van der Waals surface area contributed by atoms with Crippen LogP contribution in [0.25, 0.3) is 0 Å². The molecule has 2 aromatic carbocycles. The second kappa shape index (κ2) is 7.03. The van der Waals surface area contributed by atoms with Gasteiger partial charge in [-0.15, -0.1) is 0 Å². The van der Waals surface area contributed by atoms with Crippen LogP contribution in [0.1, 0.15) is 24.2 Å². The minimum atomic E-state index is -0.722. The molecule has 0 unspecified atom stereocenters. The summed E-state index contributed by atoms with van der Waals surface area (Å²) in [7, 11) is 0. The van der Waals surface area contributed by atoms with Crippen molar-refractivity contribution in [3.05, 3.63) is 65.5 Å². The van der Waals surface area contributed by atoms with Gasteiger partial charge in [0, 0.05) is 11.6 Å². The number of benzene rings is 2. The van der Waals surface area contributed by atoms with Gasteiger partial charge in [-0.05, 0) is 24.6 Å². The first-order chi connectivity index (χ1) is 9.66. The van der Waals surface area contributed by atoms with Gasteiger partial charge in [-0.2, -0.15) is 0 Å². The Bertz CT molecular complexity index is 541. The Morgan fingerprint density at radius 1 is 1.15 bits per heavy atom. The fourth-order valence-corrected chi connectivity index (χ4v) is 1.82. The Labute approximate surface area is 117 Å². The first kappa shape index (κ1) is 14.5. The van der Waals surface area contributed by atoms with E-state index in [-0.39, 0.29) is 6.79 Å². The van der Waals surface area contributed by atoms with Gasteiger partial charge in [0.05, 0.1) is 12.7 Å². The summed E-state index contributed by atoms with van der Waals surface area (Å²) >= 11 is 0. The molecule has 0 saturated heterocycles. The van der Waals surface area contributed by atoms with Crippen molar-refractivity contribution in [2.75, 3.05) is 6.79 Å². The van der Waals surface area contributed by atoms with Crippen molar-refractivity contribution in [2.45, 2.75) is 19.6 Å². The number of hydrogen-bond acceptors (Lipinski definition) is 3. The average Bonchev–Trinajstić information content (AvgIpc) is 2.44. The maximum absolute atomic E-state index is 13.2. The Hall–Kier alpha value is -1.91. The molecule has 106 valence electrons. The summed E-state index contributed by atoms with van der Waals surface area (Å²) in [6.45, 7) is 2.02. The van der Waals surface area contributed by atoms with Crippen LogP contribution in [-0.4, -0.2) is 11.9 Å². The number of aliphatic hydroxyl groups excluding tert-OH is 1. The Kier molecular flexibility index (Phi) is 5.09. The van der Waals surface area contributed by atoms with E-state index in [1.54, 1.807) is 6.92 Å². The number of rotatable bonds is 6. The van der Waals surface area contributed by atoms with Crippen molar-refractivity contribution in [1.29, 1.82) is 0 Å². The summed E-state index contributed by atoms with van der Waals surface area (Å²) in [5.41, 5.74) is 1.57. The van der Waals surface area contributed by atoms with Gasteiger partial charge in [0.2, 0.25) is 0 Å². The maximum atomic E-state index is 13.2. The summed E-state index contributed by atoms with van der Waals surface area (Å²) in [4.78, 5) is 0. The lowest BCUT2D eigenvalue weighted by atomic mass is 10.1.